The van der Waals surface area contributed by atoms with Crippen LogP contribution in [-0.4, -0.2) is 6.04 Å². The molecule has 0 fully saturated rings. The van der Waals surface area contributed by atoms with Crippen LogP contribution in [-0.2, 0) is 0 Å². The van der Waals surface area contributed by atoms with Gasteiger partial charge < -0.3 is 11.1 Å². The number of benzene rings is 1. The van der Waals surface area contributed by atoms with E-state index >= 15 is 0 Å². The average molecular weight is 203 g/mol. The molecule has 3 nitrogen and oxygen atoms in total. The van der Waals surface area contributed by atoms with E-state index in [0.29, 0.717) is 17.3 Å². The Morgan fingerprint density at radius 1 is 1.53 bits per heavy atom. The van der Waals surface area contributed by atoms with E-state index in [4.69, 9.17) is 11.0 Å². The van der Waals surface area contributed by atoms with Crippen molar-refractivity contribution >= 4 is 11.4 Å². The number of anilines is 2. The summed E-state index contributed by atoms with van der Waals surface area (Å²) < 4.78 is 0. The van der Waals surface area contributed by atoms with Gasteiger partial charge in [-0.1, -0.05) is 13.3 Å². The Morgan fingerprint density at radius 3 is 2.80 bits per heavy atom. The molecule has 0 bridgehead atoms. The lowest BCUT2D eigenvalue weighted by Crippen LogP contribution is -2.15. The molecule has 3 heteroatoms. The van der Waals surface area contributed by atoms with Crippen LogP contribution in [0.5, 0.6) is 0 Å². The van der Waals surface area contributed by atoms with Gasteiger partial charge in [-0.05, 0) is 31.5 Å². The minimum absolute atomic E-state index is 0.408. The van der Waals surface area contributed by atoms with E-state index < -0.39 is 0 Å². The van der Waals surface area contributed by atoms with Gasteiger partial charge in [-0.2, -0.15) is 5.26 Å². The molecular weight excluding hydrogens is 186 g/mol. The van der Waals surface area contributed by atoms with Crippen LogP contribution in [0.4, 0.5) is 11.4 Å². The van der Waals surface area contributed by atoms with Gasteiger partial charge in [0.25, 0.3) is 0 Å². The van der Waals surface area contributed by atoms with Gasteiger partial charge in [0.2, 0.25) is 0 Å². The van der Waals surface area contributed by atoms with Crippen LogP contribution >= 0.6 is 0 Å². The molecule has 0 unspecified atom stereocenters. The number of nitriles is 1. The summed E-state index contributed by atoms with van der Waals surface area (Å²) in [6, 6.07) is 7.81. The second-order valence-corrected chi connectivity index (χ2v) is 3.75. The fourth-order valence-corrected chi connectivity index (χ4v) is 1.53. The van der Waals surface area contributed by atoms with E-state index in [1.54, 1.807) is 12.1 Å². The summed E-state index contributed by atoms with van der Waals surface area (Å²) in [6.45, 7) is 4.28. The summed E-state index contributed by atoms with van der Waals surface area (Å²) in [5.74, 6) is 0. The Hall–Kier alpha value is -1.69. The molecule has 15 heavy (non-hydrogen) atoms. The zero-order valence-corrected chi connectivity index (χ0v) is 9.25. The summed E-state index contributed by atoms with van der Waals surface area (Å²) in [4.78, 5) is 0. The van der Waals surface area contributed by atoms with Crippen LogP contribution in [0.15, 0.2) is 18.2 Å². The van der Waals surface area contributed by atoms with Gasteiger partial charge in [-0.25, -0.2) is 0 Å². The number of rotatable bonds is 4. The highest BCUT2D eigenvalue weighted by Gasteiger charge is 2.04. The predicted molar refractivity (Wildman–Crippen MR) is 63.6 cm³/mol. The van der Waals surface area contributed by atoms with E-state index in [9.17, 15) is 0 Å². The largest absolute Gasteiger partial charge is 0.397 e. The van der Waals surface area contributed by atoms with Crippen LogP contribution in [0.2, 0.25) is 0 Å². The topological polar surface area (TPSA) is 61.8 Å². The first kappa shape index (κ1) is 11.4. The number of nitrogens with one attached hydrogen (secondary N) is 1. The van der Waals surface area contributed by atoms with Gasteiger partial charge in [-0.3, -0.25) is 0 Å². The third-order valence-electron chi connectivity index (χ3n) is 2.30. The number of hydrogen-bond donors (Lipinski definition) is 2. The Bertz CT molecular complexity index is 366. The van der Waals surface area contributed by atoms with Gasteiger partial charge in [0.15, 0.2) is 0 Å². The van der Waals surface area contributed by atoms with Gasteiger partial charge in [0.05, 0.1) is 23.0 Å². The average Bonchev–Trinajstić information content (AvgIpc) is 2.21. The molecule has 0 aromatic heterocycles. The molecular formula is C12H17N3. The van der Waals surface area contributed by atoms with Crippen molar-refractivity contribution in [2.75, 3.05) is 11.1 Å². The first-order chi connectivity index (χ1) is 7.17. The molecule has 0 saturated carbocycles. The number of nitrogens with two attached hydrogens (primary N) is 1. The minimum Gasteiger partial charge on any atom is -0.397 e. The molecule has 0 heterocycles. The molecule has 0 aliphatic heterocycles. The first-order valence-electron chi connectivity index (χ1n) is 5.23. The molecule has 80 valence electrons. The molecule has 0 saturated heterocycles. The molecule has 0 radical (unpaired) electrons. The molecule has 1 rings (SSSR count). The lowest BCUT2D eigenvalue weighted by atomic mass is 10.1. The van der Waals surface area contributed by atoms with Crippen molar-refractivity contribution in [1.29, 1.82) is 5.26 Å². The Balaban J connectivity index is 2.74. The fourth-order valence-electron chi connectivity index (χ4n) is 1.53. The highest BCUT2D eigenvalue weighted by Crippen LogP contribution is 2.21. The first-order valence-corrected chi connectivity index (χ1v) is 5.23. The smallest absolute Gasteiger partial charge is 0.0992 e. The zero-order valence-electron chi connectivity index (χ0n) is 9.25. The standard InChI is InChI=1S/C12H17N3/c1-3-4-9(2)15-12-6-5-10(8-13)7-11(12)14/h5-7,9,15H,3-4,14H2,1-2H3/t9-/m0/s1. The highest BCUT2D eigenvalue weighted by atomic mass is 14.9. The molecule has 1 atom stereocenters. The minimum atomic E-state index is 0.408. The van der Waals surface area contributed by atoms with Crippen molar-refractivity contribution in [3.8, 4) is 6.07 Å². The van der Waals surface area contributed by atoms with E-state index in [1.807, 2.05) is 6.07 Å². The molecule has 3 N–H and O–H groups in total. The number of nitrogen functional groups attached to an aromatic ring is 1. The number of hydrogen-bond acceptors (Lipinski definition) is 3. The monoisotopic (exact) mass is 203 g/mol. The summed E-state index contributed by atoms with van der Waals surface area (Å²) >= 11 is 0. The van der Waals surface area contributed by atoms with Gasteiger partial charge in [0.1, 0.15) is 0 Å². The van der Waals surface area contributed by atoms with Crippen molar-refractivity contribution < 1.29 is 0 Å². The van der Waals surface area contributed by atoms with E-state index in [2.05, 4.69) is 25.2 Å². The van der Waals surface area contributed by atoms with Crippen molar-refractivity contribution in [3.63, 3.8) is 0 Å². The second-order valence-electron chi connectivity index (χ2n) is 3.75. The van der Waals surface area contributed by atoms with Crippen molar-refractivity contribution in [3.05, 3.63) is 23.8 Å². The quantitative estimate of drug-likeness (QED) is 0.739. The van der Waals surface area contributed by atoms with Crippen LogP contribution < -0.4 is 11.1 Å². The summed E-state index contributed by atoms with van der Waals surface area (Å²) in [5.41, 5.74) is 7.97. The third kappa shape index (κ3) is 3.17. The lowest BCUT2D eigenvalue weighted by molar-refractivity contribution is 0.691. The lowest BCUT2D eigenvalue weighted by Gasteiger charge is -2.15. The zero-order chi connectivity index (χ0) is 11.3. The second kappa shape index (κ2) is 5.26. The third-order valence-corrected chi connectivity index (χ3v) is 2.30. The maximum Gasteiger partial charge on any atom is 0.0992 e. The van der Waals surface area contributed by atoms with Crippen molar-refractivity contribution in [2.24, 2.45) is 0 Å². The van der Waals surface area contributed by atoms with Crippen LogP contribution in [0.3, 0.4) is 0 Å². The highest BCUT2D eigenvalue weighted by molar-refractivity contribution is 5.68. The van der Waals surface area contributed by atoms with E-state index in [-0.39, 0.29) is 0 Å². The Kier molecular flexibility index (Phi) is 3.99. The summed E-state index contributed by atoms with van der Waals surface area (Å²) in [7, 11) is 0. The molecule has 0 spiro atoms. The van der Waals surface area contributed by atoms with Crippen molar-refractivity contribution in [2.45, 2.75) is 32.7 Å². The maximum absolute atomic E-state index is 8.69. The molecule has 1 aromatic carbocycles. The summed E-state index contributed by atoms with van der Waals surface area (Å²) in [5, 5.41) is 12.0. The van der Waals surface area contributed by atoms with Crippen molar-refractivity contribution in [1.82, 2.24) is 0 Å². The van der Waals surface area contributed by atoms with Gasteiger partial charge in [0, 0.05) is 6.04 Å². The Morgan fingerprint density at radius 2 is 2.27 bits per heavy atom. The normalized spacial score (nSPS) is 11.8. The van der Waals surface area contributed by atoms with Crippen LogP contribution in [0.1, 0.15) is 32.3 Å². The number of nitrogens with zero attached hydrogens (tertiary/aromatic N) is 1. The van der Waals surface area contributed by atoms with E-state index in [0.717, 1.165) is 18.5 Å². The molecule has 1 aromatic rings. The van der Waals surface area contributed by atoms with Crippen LogP contribution in [0, 0.1) is 11.3 Å². The fraction of sp³-hybridized carbons (Fsp3) is 0.417. The maximum atomic E-state index is 8.69. The van der Waals surface area contributed by atoms with E-state index in [1.165, 1.54) is 0 Å². The van der Waals surface area contributed by atoms with Crippen LogP contribution in [0.25, 0.3) is 0 Å². The van der Waals surface area contributed by atoms with Gasteiger partial charge >= 0.3 is 0 Å². The van der Waals surface area contributed by atoms with Gasteiger partial charge in [-0.15, -0.1) is 0 Å². The Labute approximate surface area is 90.9 Å². The SMILES string of the molecule is CCC[C@H](C)Nc1ccc(C#N)cc1N. The molecule has 0 aliphatic carbocycles. The molecule has 0 aliphatic rings. The predicted octanol–water partition coefficient (Wildman–Crippen LogP) is 2.74. The molecule has 0 amide bonds. The summed E-state index contributed by atoms with van der Waals surface area (Å²) in [6.07, 6.45) is 2.25.